The molecule has 6 aliphatic carbocycles. The van der Waals surface area contributed by atoms with E-state index < -0.39 is 0 Å². The van der Waals surface area contributed by atoms with Crippen LogP contribution in [-0.4, -0.2) is 6.10 Å². The van der Waals surface area contributed by atoms with Gasteiger partial charge in [-0.1, -0.05) is 84.5 Å². The first-order valence-electron chi connectivity index (χ1n) is 22.0. The lowest BCUT2D eigenvalue weighted by Gasteiger charge is -2.32. The predicted octanol–water partition coefficient (Wildman–Crippen LogP) is 12.9. The largest absolute Gasteiger partial charge is 0.490 e. The fraction of sp³-hybridized carbons (Fsp3) is 0.333. The van der Waals surface area contributed by atoms with Crippen LogP contribution in [0.15, 0.2) is 153 Å². The van der Waals surface area contributed by atoms with Crippen molar-refractivity contribution in [3.05, 3.63) is 171 Å². The maximum absolute atomic E-state index is 6.51. The van der Waals surface area contributed by atoms with E-state index in [4.69, 9.17) is 9.15 Å². The fourth-order valence-corrected chi connectivity index (χ4v) is 10.9. The zero-order valence-corrected chi connectivity index (χ0v) is 33.1. The molecular weight excluding hydrogens is 695 g/mol. The Morgan fingerprint density at radius 2 is 1.49 bits per heavy atom. The second kappa shape index (κ2) is 14.9. The van der Waals surface area contributed by atoms with Gasteiger partial charge in [-0.25, -0.2) is 0 Å². The van der Waals surface area contributed by atoms with Crippen LogP contribution in [0, 0.1) is 11.8 Å². The Morgan fingerprint density at radius 1 is 0.667 bits per heavy atom. The molecule has 1 aromatic heterocycles. The molecule has 3 heteroatoms. The monoisotopic (exact) mass is 747 g/mol. The third kappa shape index (κ3) is 6.63. The van der Waals surface area contributed by atoms with Crippen molar-refractivity contribution >= 4 is 40.1 Å². The number of allylic oxidation sites excluding steroid dienone is 11. The number of fused-ring (bicyclic) bond motifs is 5. The van der Waals surface area contributed by atoms with Crippen LogP contribution < -0.4 is 15.5 Å². The van der Waals surface area contributed by atoms with Crippen LogP contribution in [0.3, 0.4) is 0 Å². The van der Waals surface area contributed by atoms with Crippen molar-refractivity contribution in [2.75, 3.05) is 4.90 Å². The van der Waals surface area contributed by atoms with Crippen molar-refractivity contribution in [3.63, 3.8) is 0 Å². The number of hydrogen-bond acceptors (Lipinski definition) is 3. The molecule has 4 aromatic rings. The minimum absolute atomic E-state index is 0.143. The highest BCUT2D eigenvalue weighted by molar-refractivity contribution is 5.80. The molecule has 0 amide bonds. The molecule has 0 fully saturated rings. The maximum Gasteiger partial charge on any atom is 0.135 e. The Labute approximate surface area is 337 Å². The molecule has 57 heavy (non-hydrogen) atoms. The van der Waals surface area contributed by atoms with Gasteiger partial charge in [0.2, 0.25) is 0 Å². The Balaban J connectivity index is 0.875. The number of nitrogens with zero attached hydrogens (tertiary/aromatic N) is 1. The Hall–Kier alpha value is -5.28. The molecule has 4 unspecified atom stereocenters. The quantitative estimate of drug-likeness (QED) is 0.188. The SMILES string of the molecule is C1=CC2C3=C(CCCC3)OC2C=C1c1ccc(N(C2=CC=C(C3CC=C(C4=CCCCC4)CC3)CC2)c2ccc(C3C=c4oc5ccccc5c4=CC3)cc2)cc1. The lowest BCUT2D eigenvalue weighted by molar-refractivity contribution is 0.157. The molecule has 286 valence electrons. The van der Waals surface area contributed by atoms with Gasteiger partial charge in [0.05, 0.1) is 5.76 Å². The lowest BCUT2D eigenvalue weighted by atomic mass is 9.78. The number of anilines is 2. The first-order chi connectivity index (χ1) is 28.2. The molecule has 0 radical (unpaired) electrons. The number of furan rings is 1. The molecule has 0 saturated heterocycles. The van der Waals surface area contributed by atoms with Gasteiger partial charge in [0.25, 0.3) is 0 Å². The summed E-state index contributed by atoms with van der Waals surface area (Å²) in [4.78, 5) is 2.50. The number of ether oxygens (including phenoxy) is 1. The molecule has 0 saturated carbocycles. The van der Waals surface area contributed by atoms with Gasteiger partial charge in [-0.05, 0) is 171 Å². The number of benzene rings is 3. The van der Waals surface area contributed by atoms with E-state index in [0.29, 0.717) is 17.8 Å². The van der Waals surface area contributed by atoms with Crippen molar-refractivity contribution in [1.29, 1.82) is 0 Å². The van der Waals surface area contributed by atoms with Crippen LogP contribution in [0.4, 0.5) is 11.4 Å². The molecule has 1 aliphatic heterocycles. The molecule has 2 heterocycles. The van der Waals surface area contributed by atoms with E-state index in [1.807, 2.05) is 0 Å². The smallest absolute Gasteiger partial charge is 0.135 e. The van der Waals surface area contributed by atoms with Crippen molar-refractivity contribution in [3.8, 4) is 0 Å². The summed E-state index contributed by atoms with van der Waals surface area (Å²) in [6.07, 6.45) is 38.9. The van der Waals surface area contributed by atoms with Crippen LogP contribution in [0.1, 0.15) is 107 Å². The van der Waals surface area contributed by atoms with Gasteiger partial charge in [-0.3, -0.25) is 0 Å². The first kappa shape index (κ1) is 34.9. The molecular formula is C54H53NO2. The van der Waals surface area contributed by atoms with Crippen LogP contribution in [0.25, 0.3) is 28.7 Å². The van der Waals surface area contributed by atoms with Gasteiger partial charge >= 0.3 is 0 Å². The molecule has 7 aliphatic rings. The summed E-state index contributed by atoms with van der Waals surface area (Å²) in [7, 11) is 0. The van der Waals surface area contributed by atoms with Crippen molar-refractivity contribution in [2.24, 2.45) is 11.8 Å². The maximum atomic E-state index is 6.51. The third-order valence-electron chi connectivity index (χ3n) is 14.0. The highest BCUT2D eigenvalue weighted by Crippen LogP contribution is 2.45. The van der Waals surface area contributed by atoms with Crippen LogP contribution in [-0.2, 0) is 4.74 Å². The summed E-state index contributed by atoms with van der Waals surface area (Å²) in [5.74, 6) is 2.65. The average molecular weight is 748 g/mol. The minimum atomic E-state index is 0.143. The topological polar surface area (TPSA) is 25.6 Å². The average Bonchev–Trinajstić information content (AvgIpc) is 3.85. The van der Waals surface area contributed by atoms with Gasteiger partial charge < -0.3 is 14.1 Å². The lowest BCUT2D eigenvalue weighted by Crippen LogP contribution is -2.25. The summed E-state index contributed by atoms with van der Waals surface area (Å²) in [5.41, 5.74) is 16.0. The highest BCUT2D eigenvalue weighted by Gasteiger charge is 2.36. The first-order valence-corrected chi connectivity index (χ1v) is 22.0. The zero-order chi connectivity index (χ0) is 37.7. The number of hydrogen-bond donors (Lipinski definition) is 0. The Kier molecular flexibility index (Phi) is 9.13. The molecule has 4 atom stereocenters. The highest BCUT2D eigenvalue weighted by atomic mass is 16.5. The summed E-state index contributed by atoms with van der Waals surface area (Å²) in [6, 6.07) is 27.0. The van der Waals surface area contributed by atoms with E-state index in [-0.39, 0.29) is 6.10 Å². The van der Waals surface area contributed by atoms with Crippen molar-refractivity contribution in [1.82, 2.24) is 0 Å². The second-order valence-corrected chi connectivity index (χ2v) is 17.4. The summed E-state index contributed by atoms with van der Waals surface area (Å²) >= 11 is 0. The molecule has 0 bridgehead atoms. The van der Waals surface area contributed by atoms with E-state index in [2.05, 4.69) is 132 Å². The second-order valence-electron chi connectivity index (χ2n) is 17.4. The standard InChI is InChI=1S/C54H53NO2/c1-2-8-36(9-3-1)37-14-16-38(17-15-37)39-18-26-44(27-19-39)55(45-28-20-40(21-29-45)42-24-32-49-47-10-4-6-12-51(47)56-53(49)34-42)46-30-22-41(23-31-46)43-25-33-50-48-11-5-7-13-52(48)57-54(50)35-43/h4,6,8,10,12,14,18,20-23,25-26,28-35,38,42,50,54H,1-3,5,7,9,11,13,15-17,19,24,27H2. The fourth-order valence-electron chi connectivity index (χ4n) is 10.9. The number of rotatable bonds is 7. The number of para-hydroxylation sites is 1. The van der Waals surface area contributed by atoms with Crippen molar-refractivity contribution in [2.45, 2.75) is 102 Å². The Bertz CT molecular complexity index is 2570. The molecule has 0 N–H and O–H groups in total. The zero-order valence-electron chi connectivity index (χ0n) is 33.1. The van der Waals surface area contributed by atoms with Crippen LogP contribution in [0.5, 0.6) is 0 Å². The van der Waals surface area contributed by atoms with Crippen LogP contribution in [0.2, 0.25) is 0 Å². The van der Waals surface area contributed by atoms with Crippen molar-refractivity contribution < 1.29 is 9.15 Å². The molecule has 11 rings (SSSR count). The molecule has 0 spiro atoms. The summed E-state index contributed by atoms with van der Waals surface area (Å²) in [6.45, 7) is 0. The van der Waals surface area contributed by atoms with Gasteiger partial charge in [0.15, 0.2) is 0 Å². The summed E-state index contributed by atoms with van der Waals surface area (Å²) < 4.78 is 12.8. The van der Waals surface area contributed by atoms with E-state index in [1.54, 1.807) is 22.3 Å². The van der Waals surface area contributed by atoms with Gasteiger partial charge in [0, 0.05) is 45.9 Å². The molecule has 3 aromatic carbocycles. The summed E-state index contributed by atoms with van der Waals surface area (Å²) in [5, 5.41) is 2.45. The normalized spacial score (nSPS) is 25.4. The van der Waals surface area contributed by atoms with E-state index in [1.165, 1.54) is 114 Å². The van der Waals surface area contributed by atoms with Gasteiger partial charge in [-0.15, -0.1) is 0 Å². The predicted molar refractivity (Wildman–Crippen MR) is 235 cm³/mol. The van der Waals surface area contributed by atoms with E-state index in [9.17, 15) is 0 Å². The van der Waals surface area contributed by atoms with E-state index >= 15 is 0 Å². The minimum Gasteiger partial charge on any atom is -0.490 e. The van der Waals surface area contributed by atoms with E-state index in [0.717, 1.165) is 36.7 Å². The van der Waals surface area contributed by atoms with Crippen LogP contribution >= 0.6 is 0 Å². The Morgan fingerprint density at radius 3 is 2.30 bits per heavy atom. The van der Waals surface area contributed by atoms with Gasteiger partial charge in [-0.2, -0.15) is 0 Å². The van der Waals surface area contributed by atoms with Gasteiger partial charge in [0.1, 0.15) is 17.1 Å². The molecule has 3 nitrogen and oxygen atoms in total. The third-order valence-corrected chi connectivity index (χ3v) is 14.0.